The number of ether oxygens (including phenoxy) is 1. The Bertz CT molecular complexity index is 439. The molecule has 1 aromatic rings. The molecule has 21 heavy (non-hydrogen) atoms. The summed E-state index contributed by atoms with van der Waals surface area (Å²) in [5.74, 6) is 0.229. The van der Waals surface area contributed by atoms with Gasteiger partial charge in [-0.1, -0.05) is 6.07 Å². The first kappa shape index (κ1) is 17.0. The predicted molar refractivity (Wildman–Crippen MR) is 80.4 cm³/mol. The Morgan fingerprint density at radius 2 is 2.00 bits per heavy atom. The molecule has 7 nitrogen and oxygen atoms in total. The monoisotopic (exact) mass is 294 g/mol. The Kier molecular flexibility index (Phi) is 6.74. The summed E-state index contributed by atoms with van der Waals surface area (Å²) in [4.78, 5) is 26.5. The normalized spacial score (nSPS) is 14.7. The zero-order chi connectivity index (χ0) is 15.7. The van der Waals surface area contributed by atoms with Crippen molar-refractivity contribution in [2.24, 2.45) is 5.18 Å². The van der Waals surface area contributed by atoms with Crippen LogP contribution in [0.15, 0.2) is 29.6 Å². The molecule has 1 aliphatic rings. The van der Waals surface area contributed by atoms with Crippen molar-refractivity contribution < 1.29 is 9.53 Å². The Labute approximate surface area is 124 Å². The van der Waals surface area contributed by atoms with Crippen molar-refractivity contribution in [3.8, 4) is 0 Å². The van der Waals surface area contributed by atoms with Gasteiger partial charge in [-0.3, -0.25) is 0 Å². The van der Waals surface area contributed by atoms with Gasteiger partial charge in [0.2, 0.25) is 0 Å². The molecule has 0 spiro atoms. The number of nitroso groups, excluding NO2 is 1. The number of aromatic nitrogens is 1. The van der Waals surface area contributed by atoms with Crippen LogP contribution in [0, 0.1) is 4.91 Å². The lowest BCUT2D eigenvalue weighted by atomic mass is 10.2. The lowest BCUT2D eigenvalue weighted by molar-refractivity contribution is 0.0229. The molecular formula is C14H22N4O3. The predicted octanol–water partition coefficient (Wildman–Crippen LogP) is 2.31. The quantitative estimate of drug-likeness (QED) is 0.803. The smallest absolute Gasteiger partial charge is 0.410 e. The molecular weight excluding hydrogens is 272 g/mol. The van der Waals surface area contributed by atoms with Gasteiger partial charge in [0.15, 0.2) is 5.82 Å². The van der Waals surface area contributed by atoms with Crippen LogP contribution in [0.3, 0.4) is 0 Å². The van der Waals surface area contributed by atoms with Crippen LogP contribution in [-0.2, 0) is 4.74 Å². The maximum absolute atomic E-state index is 11.5. The van der Waals surface area contributed by atoms with Crippen LogP contribution < -0.4 is 5.32 Å². The molecule has 1 aliphatic heterocycles. The standard InChI is InChI=1S/C9H18N2O2.C5H4N2O/c1-9(2,3)13-8(12)11-6-4-10-5-7-11;8-7-5-3-1-2-4-6-5/h10H,4-7H2,1-3H3;1-4H. The number of nitrogens with zero attached hydrogens (tertiary/aromatic N) is 3. The zero-order valence-corrected chi connectivity index (χ0v) is 12.7. The summed E-state index contributed by atoms with van der Waals surface area (Å²) in [5.41, 5.74) is -0.387. The fraction of sp³-hybridized carbons (Fsp3) is 0.571. The molecule has 116 valence electrons. The van der Waals surface area contributed by atoms with Crippen LogP contribution in [0.2, 0.25) is 0 Å². The van der Waals surface area contributed by atoms with Crippen molar-refractivity contribution in [1.82, 2.24) is 15.2 Å². The van der Waals surface area contributed by atoms with E-state index in [1.54, 1.807) is 23.1 Å². The van der Waals surface area contributed by atoms with E-state index in [-0.39, 0.29) is 17.5 Å². The first-order chi connectivity index (χ1) is 9.92. The summed E-state index contributed by atoms with van der Waals surface area (Å²) in [6, 6.07) is 4.99. The number of hydrogen-bond acceptors (Lipinski definition) is 6. The molecule has 1 saturated heterocycles. The third-order valence-corrected chi connectivity index (χ3v) is 2.51. The number of carbonyl (C=O) groups is 1. The van der Waals surface area contributed by atoms with Crippen molar-refractivity contribution in [2.75, 3.05) is 26.2 Å². The summed E-state index contributed by atoms with van der Waals surface area (Å²) in [5, 5.41) is 5.79. The van der Waals surface area contributed by atoms with Crippen molar-refractivity contribution in [2.45, 2.75) is 26.4 Å². The van der Waals surface area contributed by atoms with Crippen LogP contribution in [0.4, 0.5) is 10.6 Å². The number of pyridine rings is 1. The van der Waals surface area contributed by atoms with Crippen molar-refractivity contribution >= 4 is 11.9 Å². The lowest BCUT2D eigenvalue weighted by Gasteiger charge is -2.30. The number of hydrogen-bond donors (Lipinski definition) is 1. The fourth-order valence-electron chi connectivity index (χ4n) is 1.58. The Morgan fingerprint density at radius 1 is 1.33 bits per heavy atom. The van der Waals surface area contributed by atoms with Crippen LogP contribution >= 0.6 is 0 Å². The minimum atomic E-state index is -0.387. The zero-order valence-electron chi connectivity index (χ0n) is 12.7. The number of rotatable bonds is 1. The van der Waals surface area contributed by atoms with Gasteiger partial charge in [-0.25, -0.2) is 9.78 Å². The molecule has 1 N–H and O–H groups in total. The second-order valence-electron chi connectivity index (χ2n) is 5.50. The summed E-state index contributed by atoms with van der Waals surface area (Å²) < 4.78 is 5.24. The molecule has 0 atom stereocenters. The van der Waals surface area contributed by atoms with E-state index < -0.39 is 0 Å². The van der Waals surface area contributed by atoms with Gasteiger partial charge < -0.3 is 15.0 Å². The van der Waals surface area contributed by atoms with Crippen LogP contribution in [0.25, 0.3) is 0 Å². The van der Waals surface area contributed by atoms with Crippen LogP contribution in [-0.4, -0.2) is 47.8 Å². The molecule has 7 heteroatoms. The van der Waals surface area contributed by atoms with Crippen molar-refractivity contribution in [3.05, 3.63) is 29.3 Å². The molecule has 0 aliphatic carbocycles. The highest BCUT2D eigenvalue weighted by atomic mass is 16.6. The second-order valence-corrected chi connectivity index (χ2v) is 5.50. The minimum Gasteiger partial charge on any atom is -0.444 e. The molecule has 2 rings (SSSR count). The molecule has 0 bridgehead atoms. The van der Waals surface area contributed by atoms with E-state index in [1.807, 2.05) is 20.8 Å². The van der Waals surface area contributed by atoms with Gasteiger partial charge in [-0.2, -0.15) is 0 Å². The van der Waals surface area contributed by atoms with Crippen molar-refractivity contribution in [1.29, 1.82) is 0 Å². The summed E-state index contributed by atoms with van der Waals surface area (Å²) >= 11 is 0. The van der Waals surface area contributed by atoms with Gasteiger partial charge in [-0.05, 0) is 38.1 Å². The molecule has 2 heterocycles. The topological polar surface area (TPSA) is 83.9 Å². The molecule has 1 amide bonds. The van der Waals surface area contributed by atoms with Gasteiger partial charge in [0.25, 0.3) is 0 Å². The van der Waals surface area contributed by atoms with Gasteiger partial charge in [0.05, 0.1) is 0 Å². The highest BCUT2D eigenvalue weighted by molar-refractivity contribution is 5.68. The van der Waals surface area contributed by atoms with Gasteiger partial charge in [0, 0.05) is 32.4 Å². The highest BCUT2D eigenvalue weighted by Crippen LogP contribution is 2.10. The van der Waals surface area contributed by atoms with E-state index in [2.05, 4.69) is 15.5 Å². The van der Waals surface area contributed by atoms with Gasteiger partial charge >= 0.3 is 6.09 Å². The summed E-state index contributed by atoms with van der Waals surface area (Å²) in [6.07, 6.45) is 1.32. The molecule has 0 radical (unpaired) electrons. The molecule has 0 aromatic carbocycles. The third-order valence-electron chi connectivity index (χ3n) is 2.51. The first-order valence-corrected chi connectivity index (χ1v) is 6.85. The number of amides is 1. The maximum atomic E-state index is 11.5. The average Bonchev–Trinajstić information content (AvgIpc) is 2.48. The second kappa shape index (κ2) is 8.31. The number of carbonyl (C=O) groups excluding carboxylic acids is 1. The highest BCUT2D eigenvalue weighted by Gasteiger charge is 2.22. The van der Waals surface area contributed by atoms with E-state index in [4.69, 9.17) is 4.74 Å². The summed E-state index contributed by atoms with van der Waals surface area (Å²) in [7, 11) is 0. The third kappa shape index (κ3) is 7.36. The Balaban J connectivity index is 0.000000235. The van der Waals surface area contributed by atoms with Crippen LogP contribution in [0.5, 0.6) is 0 Å². The molecule has 1 aromatic heterocycles. The van der Waals surface area contributed by atoms with Crippen molar-refractivity contribution in [3.63, 3.8) is 0 Å². The summed E-state index contributed by atoms with van der Waals surface area (Å²) in [6.45, 7) is 8.86. The number of piperazine rings is 1. The Morgan fingerprint density at radius 3 is 2.43 bits per heavy atom. The largest absolute Gasteiger partial charge is 0.444 e. The van der Waals surface area contributed by atoms with E-state index >= 15 is 0 Å². The average molecular weight is 294 g/mol. The molecule has 0 unspecified atom stereocenters. The van der Waals surface area contributed by atoms with Crippen LogP contribution in [0.1, 0.15) is 20.8 Å². The minimum absolute atomic E-state index is 0.200. The number of nitrogens with one attached hydrogen (secondary N) is 1. The first-order valence-electron chi connectivity index (χ1n) is 6.85. The van der Waals surface area contributed by atoms with Gasteiger partial charge in [-0.15, -0.1) is 4.91 Å². The lowest BCUT2D eigenvalue weighted by Crippen LogP contribution is -2.48. The molecule has 0 saturated carbocycles. The van der Waals surface area contributed by atoms with Gasteiger partial charge in [0.1, 0.15) is 5.60 Å². The fourth-order valence-corrected chi connectivity index (χ4v) is 1.58. The molecule has 1 fully saturated rings. The van der Waals surface area contributed by atoms with E-state index in [1.165, 1.54) is 6.20 Å². The van der Waals surface area contributed by atoms with E-state index in [9.17, 15) is 9.70 Å². The Hall–Kier alpha value is -2.02. The maximum Gasteiger partial charge on any atom is 0.410 e. The van der Waals surface area contributed by atoms with E-state index in [0.717, 1.165) is 26.2 Å². The SMILES string of the molecule is CC(C)(C)OC(=O)N1CCNCC1.O=Nc1ccccn1. The van der Waals surface area contributed by atoms with E-state index in [0.29, 0.717) is 0 Å².